The molecule has 2 rings (SSSR count). The summed E-state index contributed by atoms with van der Waals surface area (Å²) >= 11 is 0. The van der Waals surface area contributed by atoms with E-state index in [-0.39, 0.29) is 12.1 Å². The summed E-state index contributed by atoms with van der Waals surface area (Å²) in [5.74, 6) is 0.681. The number of ether oxygens (including phenoxy) is 1. The molecule has 1 saturated heterocycles. The van der Waals surface area contributed by atoms with Gasteiger partial charge in [-0.3, -0.25) is 14.7 Å². The minimum Gasteiger partial charge on any atom is -0.403 e. The number of hydrogen-bond acceptors (Lipinski definition) is 5. The molecule has 158 valence electrons. The fourth-order valence-corrected chi connectivity index (χ4v) is 3.17. The lowest BCUT2D eigenvalue weighted by Crippen LogP contribution is -2.53. The number of amides is 3. The van der Waals surface area contributed by atoms with Crippen LogP contribution in [0.25, 0.3) is 0 Å². The van der Waals surface area contributed by atoms with E-state index >= 15 is 0 Å². The van der Waals surface area contributed by atoms with E-state index in [1.54, 1.807) is 26.1 Å². The zero-order valence-electron chi connectivity index (χ0n) is 17.6. The molecule has 0 aliphatic carbocycles. The zero-order valence-corrected chi connectivity index (χ0v) is 17.6. The lowest BCUT2D eigenvalue weighted by Gasteiger charge is -2.42. The Morgan fingerprint density at radius 1 is 1.34 bits per heavy atom. The summed E-state index contributed by atoms with van der Waals surface area (Å²) in [5.41, 5.74) is 7.45. The number of hydrogen-bond donors (Lipinski definition) is 1. The molecule has 1 aliphatic heterocycles. The molecule has 1 fully saturated rings. The number of likely N-dealkylation sites (tertiary alicyclic amines) is 1. The van der Waals surface area contributed by atoms with Crippen molar-refractivity contribution in [1.82, 2.24) is 14.7 Å². The monoisotopic (exact) mass is 401 g/mol. The molecule has 29 heavy (non-hydrogen) atoms. The summed E-state index contributed by atoms with van der Waals surface area (Å²) in [4.78, 5) is 33.5. The summed E-state index contributed by atoms with van der Waals surface area (Å²) in [6.45, 7) is 3.76. The Hall–Kier alpha value is -2.87. The van der Waals surface area contributed by atoms with Gasteiger partial charge < -0.3 is 20.3 Å². The van der Waals surface area contributed by atoms with Gasteiger partial charge in [0.25, 0.3) is 0 Å². The largest absolute Gasteiger partial charge is 0.403 e. The van der Waals surface area contributed by atoms with E-state index in [0.717, 1.165) is 0 Å². The Labute approximate surface area is 172 Å². The summed E-state index contributed by atoms with van der Waals surface area (Å²) in [7, 11) is 4.86. The van der Waals surface area contributed by atoms with Crippen LogP contribution in [0.3, 0.4) is 0 Å². The molecular weight excluding hydrogens is 370 g/mol. The Bertz CT molecular complexity index is 744. The first-order valence-corrected chi connectivity index (χ1v) is 9.67. The van der Waals surface area contributed by atoms with Crippen LogP contribution in [-0.2, 0) is 9.53 Å². The van der Waals surface area contributed by atoms with Crippen molar-refractivity contribution in [2.75, 3.05) is 40.9 Å². The van der Waals surface area contributed by atoms with Crippen molar-refractivity contribution in [3.63, 3.8) is 0 Å². The van der Waals surface area contributed by atoms with Crippen LogP contribution in [0.4, 0.5) is 4.79 Å². The van der Waals surface area contributed by atoms with Gasteiger partial charge in [0, 0.05) is 53.0 Å². The lowest BCUT2D eigenvalue weighted by molar-refractivity contribution is -0.114. The van der Waals surface area contributed by atoms with Gasteiger partial charge in [0.2, 0.25) is 6.41 Å². The molecule has 0 aromatic heterocycles. The Morgan fingerprint density at radius 2 is 2.00 bits per heavy atom. The maximum atomic E-state index is 12.9. The normalized spacial score (nSPS) is 16.2. The fourth-order valence-electron chi connectivity index (χ4n) is 3.17. The second-order valence-corrected chi connectivity index (χ2v) is 7.21. The summed E-state index contributed by atoms with van der Waals surface area (Å²) in [5, 5.41) is 0. The van der Waals surface area contributed by atoms with E-state index in [9.17, 15) is 9.59 Å². The Balaban J connectivity index is 2.10. The predicted molar refractivity (Wildman–Crippen MR) is 113 cm³/mol. The zero-order chi connectivity index (χ0) is 21.4. The third kappa shape index (κ3) is 5.57. The van der Waals surface area contributed by atoms with Crippen molar-refractivity contribution in [2.45, 2.75) is 25.3 Å². The van der Waals surface area contributed by atoms with Crippen LogP contribution in [0.5, 0.6) is 0 Å². The van der Waals surface area contributed by atoms with Gasteiger partial charge in [0.15, 0.2) is 5.84 Å². The first kappa shape index (κ1) is 22.4. The molecule has 8 nitrogen and oxygen atoms in total. The lowest BCUT2D eigenvalue weighted by atomic mass is 9.92. The average molecular weight is 402 g/mol. The molecule has 1 heterocycles. The topological polar surface area (TPSA) is 91.5 Å². The molecule has 1 aromatic rings. The number of benzene rings is 1. The maximum absolute atomic E-state index is 12.9. The van der Waals surface area contributed by atoms with Crippen LogP contribution in [0.15, 0.2) is 47.2 Å². The van der Waals surface area contributed by atoms with Gasteiger partial charge >= 0.3 is 6.03 Å². The van der Waals surface area contributed by atoms with E-state index in [2.05, 4.69) is 17.1 Å². The third-order valence-electron chi connectivity index (χ3n) is 5.03. The van der Waals surface area contributed by atoms with Crippen LogP contribution < -0.4 is 5.73 Å². The van der Waals surface area contributed by atoms with Crippen molar-refractivity contribution in [1.29, 1.82) is 0 Å². The van der Waals surface area contributed by atoms with Crippen molar-refractivity contribution in [3.8, 4) is 0 Å². The fraction of sp³-hybridized carbons (Fsp3) is 0.476. The van der Waals surface area contributed by atoms with Crippen LogP contribution in [-0.4, -0.2) is 79.9 Å². The van der Waals surface area contributed by atoms with Crippen molar-refractivity contribution in [2.24, 2.45) is 10.7 Å². The van der Waals surface area contributed by atoms with Crippen LogP contribution >= 0.6 is 0 Å². The number of likely N-dealkylation sites (N-methyl/N-ethyl adjacent to an activating group) is 2. The molecule has 0 radical (unpaired) electrons. The molecule has 1 atom stereocenters. The second-order valence-electron chi connectivity index (χ2n) is 7.21. The van der Waals surface area contributed by atoms with Crippen molar-refractivity contribution in [3.05, 3.63) is 47.8 Å². The highest BCUT2D eigenvalue weighted by Crippen LogP contribution is 2.28. The van der Waals surface area contributed by atoms with E-state index in [4.69, 9.17) is 10.5 Å². The second kappa shape index (κ2) is 10.6. The van der Waals surface area contributed by atoms with Gasteiger partial charge in [-0.15, -0.1) is 0 Å². The number of nitrogens with two attached hydrogens (primary N) is 1. The molecule has 0 bridgehead atoms. The van der Waals surface area contributed by atoms with Crippen molar-refractivity contribution < 1.29 is 14.3 Å². The van der Waals surface area contributed by atoms with E-state index in [1.165, 1.54) is 21.6 Å². The maximum Gasteiger partial charge on any atom is 0.324 e. The molecular formula is C21H31N5O3. The van der Waals surface area contributed by atoms with E-state index in [0.29, 0.717) is 50.0 Å². The standard InChI is InChI=1S/C21H31N5O3/c1-16(10-11-29-4)23-20(24(2)15-27)19(12-22)25(3)21(28)26-13-18(14-26)17-8-6-5-7-9-17/h5-9,12,15-16,18H,10-11,13-14,22H2,1-4H3/b19-12+,23-20+. The molecule has 1 unspecified atom stereocenters. The van der Waals surface area contributed by atoms with Crippen LogP contribution in [0, 0.1) is 0 Å². The molecule has 1 aliphatic rings. The van der Waals surface area contributed by atoms with Crippen molar-refractivity contribution >= 4 is 18.3 Å². The molecule has 2 N–H and O–H groups in total. The predicted octanol–water partition coefficient (Wildman–Crippen LogP) is 1.85. The first-order valence-electron chi connectivity index (χ1n) is 9.67. The number of carbonyl (C=O) groups is 2. The van der Waals surface area contributed by atoms with E-state index < -0.39 is 0 Å². The molecule has 8 heteroatoms. The highest BCUT2D eigenvalue weighted by molar-refractivity contribution is 6.05. The molecule has 0 spiro atoms. The quantitative estimate of drug-likeness (QED) is 0.409. The van der Waals surface area contributed by atoms with Crippen LogP contribution in [0.1, 0.15) is 24.8 Å². The molecule has 0 saturated carbocycles. The average Bonchev–Trinajstić information content (AvgIpc) is 2.70. The first-order chi connectivity index (χ1) is 13.9. The highest BCUT2D eigenvalue weighted by atomic mass is 16.5. The number of carbonyl (C=O) groups excluding carboxylic acids is 2. The van der Waals surface area contributed by atoms with Gasteiger partial charge in [0.1, 0.15) is 5.70 Å². The third-order valence-corrected chi connectivity index (χ3v) is 5.03. The number of rotatable bonds is 8. The van der Waals surface area contributed by atoms with Gasteiger partial charge in [0.05, 0.1) is 6.04 Å². The SMILES string of the molecule is COCCC(C)/N=C(\C(=C/N)N(C)C(=O)N1CC(c2ccccc2)C1)N(C)C=O. The summed E-state index contributed by atoms with van der Waals surface area (Å²) < 4.78 is 5.09. The number of aliphatic imine (C=N–C) groups is 1. The highest BCUT2D eigenvalue weighted by Gasteiger charge is 2.35. The number of urea groups is 1. The van der Waals surface area contributed by atoms with E-state index in [1.807, 2.05) is 25.1 Å². The number of nitrogens with zero attached hydrogens (tertiary/aromatic N) is 4. The Morgan fingerprint density at radius 3 is 2.55 bits per heavy atom. The van der Waals surface area contributed by atoms with Crippen LogP contribution in [0.2, 0.25) is 0 Å². The smallest absolute Gasteiger partial charge is 0.324 e. The van der Waals surface area contributed by atoms with Gasteiger partial charge in [-0.2, -0.15) is 0 Å². The van der Waals surface area contributed by atoms with Gasteiger partial charge in [-0.05, 0) is 18.9 Å². The number of methoxy groups -OCH3 is 1. The minimum absolute atomic E-state index is 0.0997. The number of amidine groups is 1. The summed E-state index contributed by atoms with van der Waals surface area (Å²) in [6, 6.07) is 9.87. The molecule has 3 amide bonds. The Kier molecular flexibility index (Phi) is 8.21. The van der Waals surface area contributed by atoms with Gasteiger partial charge in [-0.25, -0.2) is 4.79 Å². The molecule has 1 aromatic carbocycles. The minimum atomic E-state index is -0.176. The summed E-state index contributed by atoms with van der Waals surface area (Å²) in [6.07, 6.45) is 2.65. The van der Waals surface area contributed by atoms with Gasteiger partial charge in [-0.1, -0.05) is 30.3 Å².